The maximum atomic E-state index is 13.7. The first-order valence-corrected chi connectivity index (χ1v) is 12.5. The van der Waals surface area contributed by atoms with E-state index in [4.69, 9.17) is 13.9 Å². The lowest BCUT2D eigenvalue weighted by Crippen LogP contribution is -2.33. The molecule has 4 aromatic rings. The number of ether oxygens (including phenoxy) is 2. The summed E-state index contributed by atoms with van der Waals surface area (Å²) in [5.74, 6) is -1.40. The van der Waals surface area contributed by atoms with E-state index in [0.29, 0.717) is 39.4 Å². The molecule has 5 rings (SSSR count). The van der Waals surface area contributed by atoms with Crippen LogP contribution in [0.4, 0.5) is 0 Å². The summed E-state index contributed by atoms with van der Waals surface area (Å²) in [6.45, 7) is 5.21. The molecular weight excluding hydrogens is 494 g/mol. The van der Waals surface area contributed by atoms with Gasteiger partial charge >= 0.3 is 11.9 Å². The molecular formula is C32H27NO6. The van der Waals surface area contributed by atoms with Gasteiger partial charge in [0.2, 0.25) is 0 Å². The Balaban J connectivity index is 1.78. The summed E-state index contributed by atoms with van der Waals surface area (Å²) in [5, 5.41) is 3.48. The van der Waals surface area contributed by atoms with Gasteiger partial charge in [-0.15, -0.1) is 0 Å². The van der Waals surface area contributed by atoms with Gasteiger partial charge in [0.05, 0.1) is 29.6 Å². The topological polar surface area (TPSA) is 94.8 Å². The van der Waals surface area contributed by atoms with Crippen LogP contribution in [-0.2, 0) is 14.3 Å². The first-order valence-electron chi connectivity index (χ1n) is 12.5. The third-order valence-electron chi connectivity index (χ3n) is 6.86. The highest BCUT2D eigenvalue weighted by molar-refractivity contribution is 6.02. The number of allylic oxidation sites excluding steroid dienone is 2. The number of esters is 2. The average molecular weight is 522 g/mol. The van der Waals surface area contributed by atoms with Crippen molar-refractivity contribution in [2.75, 3.05) is 7.11 Å². The molecule has 0 amide bonds. The van der Waals surface area contributed by atoms with Gasteiger partial charge < -0.3 is 19.2 Å². The number of hydrogen-bond donors (Lipinski definition) is 1. The van der Waals surface area contributed by atoms with E-state index in [9.17, 15) is 14.4 Å². The van der Waals surface area contributed by atoms with Crippen molar-refractivity contribution in [1.29, 1.82) is 0 Å². The fourth-order valence-electron chi connectivity index (χ4n) is 5.03. The average Bonchev–Trinajstić information content (AvgIpc) is 2.94. The Labute approximate surface area is 225 Å². The van der Waals surface area contributed by atoms with Crippen LogP contribution >= 0.6 is 0 Å². The molecule has 2 heterocycles. The van der Waals surface area contributed by atoms with Crippen molar-refractivity contribution in [3.63, 3.8) is 0 Å². The van der Waals surface area contributed by atoms with E-state index in [2.05, 4.69) is 5.32 Å². The van der Waals surface area contributed by atoms with Crippen molar-refractivity contribution in [3.05, 3.63) is 123 Å². The molecule has 0 saturated carbocycles. The molecule has 0 spiro atoms. The van der Waals surface area contributed by atoms with E-state index in [0.717, 1.165) is 5.56 Å². The highest BCUT2D eigenvalue weighted by Crippen LogP contribution is 2.42. The zero-order chi connectivity index (χ0) is 27.7. The highest BCUT2D eigenvalue weighted by Gasteiger charge is 2.39. The molecule has 196 valence electrons. The molecule has 7 nitrogen and oxygen atoms in total. The Kier molecular flexibility index (Phi) is 6.90. The third kappa shape index (κ3) is 4.63. The van der Waals surface area contributed by atoms with Crippen LogP contribution in [0, 0.1) is 6.92 Å². The van der Waals surface area contributed by atoms with Crippen LogP contribution in [0.15, 0.2) is 111 Å². The van der Waals surface area contributed by atoms with Crippen molar-refractivity contribution in [1.82, 2.24) is 5.32 Å². The van der Waals surface area contributed by atoms with Crippen LogP contribution in [0.25, 0.3) is 22.3 Å². The Morgan fingerprint density at radius 2 is 1.41 bits per heavy atom. The number of benzene rings is 3. The van der Waals surface area contributed by atoms with Crippen LogP contribution in [0.3, 0.4) is 0 Å². The van der Waals surface area contributed by atoms with Crippen LogP contribution in [0.1, 0.15) is 30.9 Å². The quantitative estimate of drug-likeness (QED) is 0.263. The van der Waals surface area contributed by atoms with Crippen molar-refractivity contribution in [2.24, 2.45) is 0 Å². The standard InChI is InChI=1S/C32H27NO6/c1-18-28(34)24-17-11-16-23(30(24)39-29(18)21-12-7-5-8-13-21)27-25(31(35)37-4)19(2)33-20(3)26(27)32(36)38-22-14-9-6-10-15-22/h5-17,27,33H,1-4H3. The maximum absolute atomic E-state index is 13.7. The second-order valence-electron chi connectivity index (χ2n) is 9.30. The number of carbonyl (C=O) groups is 2. The Morgan fingerprint density at radius 1 is 0.795 bits per heavy atom. The third-order valence-corrected chi connectivity index (χ3v) is 6.86. The molecule has 0 saturated heterocycles. The zero-order valence-corrected chi connectivity index (χ0v) is 22.0. The zero-order valence-electron chi connectivity index (χ0n) is 22.0. The summed E-state index contributed by atoms with van der Waals surface area (Å²) in [6, 6.07) is 23.2. The molecule has 3 aromatic carbocycles. The van der Waals surface area contributed by atoms with Gasteiger partial charge in [-0.3, -0.25) is 4.79 Å². The first-order chi connectivity index (χ1) is 18.8. The summed E-state index contributed by atoms with van der Waals surface area (Å²) in [7, 11) is 1.28. The number of hydrogen-bond acceptors (Lipinski definition) is 7. The van der Waals surface area contributed by atoms with Gasteiger partial charge in [-0.05, 0) is 39.0 Å². The number of fused-ring (bicyclic) bond motifs is 1. The molecule has 0 radical (unpaired) electrons. The number of nitrogens with one attached hydrogen (secondary N) is 1. The van der Waals surface area contributed by atoms with E-state index in [1.54, 1.807) is 63.2 Å². The molecule has 1 atom stereocenters. The summed E-state index contributed by atoms with van der Waals surface area (Å²) >= 11 is 0. The molecule has 1 unspecified atom stereocenters. The number of para-hydroxylation sites is 2. The smallest absolute Gasteiger partial charge is 0.342 e. The molecule has 1 aliphatic heterocycles. The summed E-state index contributed by atoms with van der Waals surface area (Å²) in [6.07, 6.45) is 0. The molecule has 0 bridgehead atoms. The van der Waals surface area contributed by atoms with Gasteiger partial charge in [0, 0.05) is 28.1 Å². The predicted octanol–water partition coefficient (Wildman–Crippen LogP) is 5.78. The lowest BCUT2D eigenvalue weighted by Gasteiger charge is -2.30. The van der Waals surface area contributed by atoms with E-state index in [1.165, 1.54) is 7.11 Å². The largest absolute Gasteiger partial charge is 0.466 e. The van der Waals surface area contributed by atoms with E-state index in [1.807, 2.05) is 36.4 Å². The van der Waals surface area contributed by atoms with Gasteiger partial charge in [0.1, 0.15) is 17.1 Å². The van der Waals surface area contributed by atoms with Crippen molar-refractivity contribution in [3.8, 4) is 17.1 Å². The maximum Gasteiger partial charge on any atom is 0.342 e. The first kappa shape index (κ1) is 25.7. The van der Waals surface area contributed by atoms with Gasteiger partial charge in [-0.1, -0.05) is 60.7 Å². The van der Waals surface area contributed by atoms with Gasteiger partial charge in [-0.2, -0.15) is 0 Å². The van der Waals surface area contributed by atoms with Gasteiger partial charge in [0.25, 0.3) is 0 Å². The van der Waals surface area contributed by atoms with Gasteiger partial charge in [-0.25, -0.2) is 9.59 Å². The minimum absolute atomic E-state index is 0.194. The van der Waals surface area contributed by atoms with Crippen molar-refractivity contribution >= 4 is 22.9 Å². The lowest BCUT2D eigenvalue weighted by molar-refractivity contribution is -0.136. The summed E-state index contributed by atoms with van der Waals surface area (Å²) < 4.78 is 17.3. The predicted molar refractivity (Wildman–Crippen MR) is 148 cm³/mol. The second-order valence-corrected chi connectivity index (χ2v) is 9.30. The molecule has 0 aliphatic carbocycles. The number of carbonyl (C=O) groups excluding carboxylic acids is 2. The minimum atomic E-state index is -0.923. The molecule has 0 fully saturated rings. The monoisotopic (exact) mass is 521 g/mol. The molecule has 1 N–H and O–H groups in total. The van der Waals surface area contributed by atoms with Crippen LogP contribution in [-0.4, -0.2) is 19.0 Å². The van der Waals surface area contributed by atoms with Crippen molar-refractivity contribution < 1.29 is 23.5 Å². The molecule has 39 heavy (non-hydrogen) atoms. The normalized spacial score (nSPS) is 15.2. The van der Waals surface area contributed by atoms with Gasteiger partial charge in [0.15, 0.2) is 5.43 Å². The Morgan fingerprint density at radius 3 is 2.05 bits per heavy atom. The van der Waals surface area contributed by atoms with E-state index in [-0.39, 0.29) is 22.2 Å². The molecule has 1 aromatic heterocycles. The summed E-state index contributed by atoms with van der Waals surface area (Å²) in [5.41, 5.74) is 3.24. The Bertz CT molecular complexity index is 1710. The number of methoxy groups -OCH3 is 1. The van der Waals surface area contributed by atoms with Crippen LogP contribution in [0.2, 0.25) is 0 Å². The van der Waals surface area contributed by atoms with Crippen LogP contribution < -0.4 is 15.5 Å². The van der Waals surface area contributed by atoms with Crippen molar-refractivity contribution in [2.45, 2.75) is 26.7 Å². The highest BCUT2D eigenvalue weighted by atomic mass is 16.5. The number of dihydropyridines is 1. The minimum Gasteiger partial charge on any atom is -0.466 e. The fourth-order valence-corrected chi connectivity index (χ4v) is 5.03. The summed E-state index contributed by atoms with van der Waals surface area (Å²) in [4.78, 5) is 40.4. The Hall–Kier alpha value is -4.91. The number of rotatable bonds is 5. The second kappa shape index (κ2) is 10.5. The molecule has 1 aliphatic rings. The molecule has 7 heteroatoms. The van der Waals surface area contributed by atoms with E-state index >= 15 is 0 Å². The fraction of sp³-hybridized carbons (Fsp3) is 0.156. The van der Waals surface area contributed by atoms with E-state index < -0.39 is 17.9 Å². The SMILES string of the molecule is COC(=O)C1=C(C)NC(C)=C(C(=O)Oc2ccccc2)C1c1cccc2c(=O)c(C)c(-c3ccccc3)oc12. The lowest BCUT2D eigenvalue weighted by atomic mass is 9.79. The van der Waals surface area contributed by atoms with Crippen LogP contribution in [0.5, 0.6) is 5.75 Å².